The van der Waals surface area contributed by atoms with Gasteiger partial charge in [-0.15, -0.1) is 0 Å². The van der Waals surface area contributed by atoms with Crippen molar-refractivity contribution in [2.24, 2.45) is 11.7 Å². The summed E-state index contributed by atoms with van der Waals surface area (Å²) in [6.45, 7) is 6.83. The van der Waals surface area contributed by atoms with Crippen LogP contribution in [0, 0.1) is 12.8 Å². The predicted octanol–water partition coefficient (Wildman–Crippen LogP) is 2.61. The number of likely N-dealkylation sites (tertiary alicyclic amines) is 1. The SMILES string of the molecule is CCCCN(CCN)C(=O)CN1C[C@H](c2ccc3c(c2)CCO3)C(C(=O)O)[C@@H]1CCc1ncc(C)o1. The molecule has 1 amide bonds. The van der Waals surface area contributed by atoms with Crippen molar-refractivity contribution in [1.29, 1.82) is 0 Å². The number of ether oxygens (including phenoxy) is 1. The molecule has 1 fully saturated rings. The third-order valence-electron chi connectivity index (χ3n) is 7.37. The molecule has 2 aliphatic heterocycles. The number of carboxylic acid groups (broad SMARTS) is 1. The fourth-order valence-electron chi connectivity index (χ4n) is 5.56. The fraction of sp³-hybridized carbons (Fsp3) is 0.593. The zero-order chi connectivity index (χ0) is 25.7. The quantitative estimate of drug-likeness (QED) is 0.458. The minimum absolute atomic E-state index is 0.00184. The summed E-state index contributed by atoms with van der Waals surface area (Å²) < 4.78 is 11.3. The van der Waals surface area contributed by atoms with Crippen molar-refractivity contribution in [2.75, 3.05) is 39.3 Å². The first-order valence-electron chi connectivity index (χ1n) is 13.0. The lowest BCUT2D eigenvalue weighted by molar-refractivity contribution is -0.143. The van der Waals surface area contributed by atoms with Crippen molar-refractivity contribution in [1.82, 2.24) is 14.8 Å². The van der Waals surface area contributed by atoms with E-state index in [0.717, 1.165) is 41.9 Å². The molecule has 4 rings (SSSR count). The first-order valence-corrected chi connectivity index (χ1v) is 13.0. The maximum atomic E-state index is 13.3. The molecule has 1 unspecified atom stereocenters. The Labute approximate surface area is 212 Å². The monoisotopic (exact) mass is 498 g/mol. The topological polar surface area (TPSA) is 122 Å². The summed E-state index contributed by atoms with van der Waals surface area (Å²) in [5.74, 6) is 0.477. The van der Waals surface area contributed by atoms with E-state index in [2.05, 4.69) is 22.9 Å². The van der Waals surface area contributed by atoms with Gasteiger partial charge in [-0.3, -0.25) is 14.5 Å². The zero-order valence-corrected chi connectivity index (χ0v) is 21.3. The number of hydrogen-bond donors (Lipinski definition) is 2. The third kappa shape index (κ3) is 5.90. The van der Waals surface area contributed by atoms with Gasteiger partial charge in [-0.2, -0.15) is 0 Å². The van der Waals surface area contributed by atoms with Crippen LogP contribution >= 0.6 is 0 Å². The summed E-state index contributed by atoms with van der Waals surface area (Å²) in [5.41, 5.74) is 7.89. The second-order valence-corrected chi connectivity index (χ2v) is 9.86. The second-order valence-electron chi connectivity index (χ2n) is 9.86. The van der Waals surface area contributed by atoms with Crippen LogP contribution in [0.15, 0.2) is 28.8 Å². The molecular formula is C27H38N4O5. The summed E-state index contributed by atoms with van der Waals surface area (Å²) in [5, 5.41) is 10.4. The molecule has 1 saturated heterocycles. The number of aromatic nitrogens is 1. The molecule has 0 radical (unpaired) electrons. The van der Waals surface area contributed by atoms with Crippen LogP contribution in [-0.4, -0.2) is 77.1 Å². The molecule has 2 aliphatic rings. The van der Waals surface area contributed by atoms with Gasteiger partial charge in [-0.05, 0) is 37.0 Å². The smallest absolute Gasteiger partial charge is 0.308 e. The lowest BCUT2D eigenvalue weighted by atomic mass is 9.83. The number of nitrogens with zero attached hydrogens (tertiary/aromatic N) is 3. The van der Waals surface area contributed by atoms with Crippen LogP contribution in [0.25, 0.3) is 0 Å². The minimum atomic E-state index is -0.843. The van der Waals surface area contributed by atoms with Crippen LogP contribution in [0.3, 0.4) is 0 Å². The summed E-state index contributed by atoms with van der Waals surface area (Å²) in [6, 6.07) is 5.69. The van der Waals surface area contributed by atoms with E-state index in [9.17, 15) is 14.7 Å². The number of carboxylic acids is 1. The van der Waals surface area contributed by atoms with Crippen LogP contribution in [-0.2, 0) is 22.4 Å². The van der Waals surface area contributed by atoms with E-state index in [-0.39, 0.29) is 24.4 Å². The Hall–Kier alpha value is -2.91. The molecule has 36 heavy (non-hydrogen) atoms. The molecule has 2 aromatic rings. The number of carbonyl (C=O) groups excluding carboxylic acids is 1. The molecule has 9 heteroatoms. The molecule has 0 spiro atoms. The molecule has 0 aliphatic carbocycles. The molecule has 3 atom stereocenters. The molecule has 9 nitrogen and oxygen atoms in total. The van der Waals surface area contributed by atoms with E-state index in [1.165, 1.54) is 0 Å². The van der Waals surface area contributed by atoms with Gasteiger partial charge in [0.25, 0.3) is 0 Å². The van der Waals surface area contributed by atoms with Crippen LogP contribution in [0.2, 0.25) is 0 Å². The van der Waals surface area contributed by atoms with Crippen molar-refractivity contribution in [2.45, 2.75) is 57.9 Å². The van der Waals surface area contributed by atoms with Gasteiger partial charge in [0.1, 0.15) is 11.5 Å². The fourth-order valence-corrected chi connectivity index (χ4v) is 5.56. The molecule has 1 aromatic carbocycles. The number of unbranched alkanes of at least 4 members (excludes halogenated alkanes) is 1. The number of aryl methyl sites for hydroxylation is 2. The maximum Gasteiger partial charge on any atom is 0.308 e. The average molecular weight is 499 g/mol. The van der Waals surface area contributed by atoms with Gasteiger partial charge in [-0.25, -0.2) is 4.98 Å². The Kier molecular flexibility index (Phi) is 8.64. The maximum absolute atomic E-state index is 13.3. The Morgan fingerprint density at radius 2 is 2.14 bits per heavy atom. The highest BCUT2D eigenvalue weighted by Crippen LogP contribution is 2.41. The summed E-state index contributed by atoms with van der Waals surface area (Å²) in [6.07, 6.45) is 5.46. The van der Waals surface area contributed by atoms with Crippen molar-refractivity contribution in [3.63, 3.8) is 0 Å². The van der Waals surface area contributed by atoms with Gasteiger partial charge < -0.3 is 24.9 Å². The number of fused-ring (bicyclic) bond motifs is 1. The number of carbonyl (C=O) groups is 2. The zero-order valence-electron chi connectivity index (χ0n) is 21.3. The number of rotatable bonds is 12. The van der Waals surface area contributed by atoms with E-state index < -0.39 is 11.9 Å². The van der Waals surface area contributed by atoms with Gasteiger partial charge in [0.05, 0.1) is 25.3 Å². The summed E-state index contributed by atoms with van der Waals surface area (Å²) in [4.78, 5) is 34.1. The number of hydrogen-bond acceptors (Lipinski definition) is 7. The Bertz CT molecular complexity index is 1050. The van der Waals surface area contributed by atoms with Crippen LogP contribution in [0.4, 0.5) is 0 Å². The number of aliphatic carboxylic acids is 1. The van der Waals surface area contributed by atoms with Crippen LogP contribution in [0.1, 0.15) is 54.9 Å². The standard InChI is InChI=1S/C27H38N4O5/c1-3-4-11-30(12-10-28)25(32)17-31-16-21(19-5-7-23-20(14-19)9-13-35-23)26(27(33)34)22(31)6-8-24-29-15-18(2)36-24/h5,7,14-15,21-22,26H,3-4,6,8-13,16-17,28H2,1-2H3,(H,33,34)/t21-,22+,26?/m1/s1. The van der Waals surface area contributed by atoms with Gasteiger partial charge in [-0.1, -0.05) is 25.5 Å². The largest absolute Gasteiger partial charge is 0.493 e. The Morgan fingerprint density at radius 1 is 1.31 bits per heavy atom. The number of nitrogens with two attached hydrogens (primary N) is 1. The van der Waals surface area contributed by atoms with Crippen molar-refractivity contribution in [3.05, 3.63) is 47.2 Å². The van der Waals surface area contributed by atoms with Crippen molar-refractivity contribution in [3.8, 4) is 5.75 Å². The minimum Gasteiger partial charge on any atom is -0.493 e. The number of benzene rings is 1. The Balaban J connectivity index is 1.59. The molecule has 3 heterocycles. The van der Waals surface area contributed by atoms with Crippen molar-refractivity contribution >= 4 is 11.9 Å². The summed E-state index contributed by atoms with van der Waals surface area (Å²) in [7, 11) is 0. The first-order chi connectivity index (χ1) is 17.4. The highest BCUT2D eigenvalue weighted by Gasteiger charge is 2.47. The van der Waals surface area contributed by atoms with Crippen molar-refractivity contribution < 1.29 is 23.8 Å². The van der Waals surface area contributed by atoms with Gasteiger partial charge in [0.2, 0.25) is 5.91 Å². The second kappa shape index (κ2) is 11.9. The predicted molar refractivity (Wildman–Crippen MR) is 135 cm³/mol. The highest BCUT2D eigenvalue weighted by molar-refractivity contribution is 5.79. The Morgan fingerprint density at radius 3 is 2.83 bits per heavy atom. The molecular weight excluding hydrogens is 460 g/mol. The van der Waals surface area contributed by atoms with Gasteiger partial charge in [0, 0.05) is 51.0 Å². The van der Waals surface area contributed by atoms with E-state index in [1.807, 2.05) is 24.0 Å². The van der Waals surface area contributed by atoms with E-state index in [1.54, 1.807) is 6.20 Å². The normalized spacial score (nSPS) is 21.4. The van der Waals surface area contributed by atoms with Gasteiger partial charge in [0.15, 0.2) is 5.89 Å². The lowest BCUT2D eigenvalue weighted by Gasteiger charge is -2.29. The molecule has 0 saturated carbocycles. The number of oxazole rings is 1. The van der Waals surface area contributed by atoms with E-state index in [4.69, 9.17) is 14.9 Å². The van der Waals surface area contributed by atoms with Crippen LogP contribution in [0.5, 0.6) is 5.75 Å². The van der Waals surface area contributed by atoms with Gasteiger partial charge >= 0.3 is 5.97 Å². The lowest BCUT2D eigenvalue weighted by Crippen LogP contribution is -2.45. The molecule has 196 valence electrons. The van der Waals surface area contributed by atoms with E-state index >= 15 is 0 Å². The third-order valence-corrected chi connectivity index (χ3v) is 7.37. The number of amides is 1. The molecule has 3 N–H and O–H groups in total. The molecule has 1 aromatic heterocycles. The van der Waals surface area contributed by atoms with E-state index in [0.29, 0.717) is 51.5 Å². The first kappa shape index (κ1) is 26.2. The highest BCUT2D eigenvalue weighted by atomic mass is 16.5. The molecule has 0 bridgehead atoms. The van der Waals surface area contributed by atoms with Crippen LogP contribution < -0.4 is 10.5 Å². The summed E-state index contributed by atoms with van der Waals surface area (Å²) >= 11 is 0. The average Bonchev–Trinajstić information content (AvgIpc) is 3.58.